The molecule has 0 spiro atoms. The number of aromatic nitrogens is 2. The Morgan fingerprint density at radius 3 is 2.69 bits per heavy atom. The summed E-state index contributed by atoms with van der Waals surface area (Å²) in [6, 6.07) is 12.3. The van der Waals surface area contributed by atoms with Gasteiger partial charge in [0.25, 0.3) is 5.91 Å². The minimum Gasteiger partial charge on any atom is -0.361 e. The molecule has 2 unspecified atom stereocenters. The SMILES string of the molecule is Cc1noc(C)c1-c1cccc(Cl)c1C1=CC2NC(=O)N(c3cncc4ccccc34)C(=O)C2S1. The van der Waals surface area contributed by atoms with Gasteiger partial charge in [-0.05, 0) is 31.6 Å². The van der Waals surface area contributed by atoms with Crippen molar-refractivity contribution in [3.8, 4) is 11.1 Å². The van der Waals surface area contributed by atoms with Crippen LogP contribution in [0.3, 0.4) is 0 Å². The molecule has 2 aliphatic heterocycles. The Hall–Kier alpha value is -3.62. The quantitative estimate of drug-likeness (QED) is 0.384. The number of thioether (sulfide) groups is 1. The number of nitrogens with one attached hydrogen (secondary N) is 1. The van der Waals surface area contributed by atoms with Gasteiger partial charge < -0.3 is 9.84 Å². The molecule has 0 bridgehead atoms. The Morgan fingerprint density at radius 1 is 1.06 bits per heavy atom. The summed E-state index contributed by atoms with van der Waals surface area (Å²) < 4.78 is 5.39. The van der Waals surface area contributed by atoms with Crippen LogP contribution in [0.15, 0.2) is 65.5 Å². The lowest BCUT2D eigenvalue weighted by molar-refractivity contribution is -0.118. The van der Waals surface area contributed by atoms with Crippen LogP contribution >= 0.6 is 23.4 Å². The molecule has 0 aliphatic carbocycles. The summed E-state index contributed by atoms with van der Waals surface area (Å²) in [5, 5.41) is 8.72. The zero-order valence-electron chi connectivity index (χ0n) is 18.8. The number of carbonyl (C=O) groups is 2. The van der Waals surface area contributed by atoms with Gasteiger partial charge >= 0.3 is 6.03 Å². The zero-order chi connectivity index (χ0) is 24.3. The van der Waals surface area contributed by atoms with Gasteiger partial charge in [0.15, 0.2) is 0 Å². The lowest BCUT2D eigenvalue weighted by atomic mass is 9.97. The van der Waals surface area contributed by atoms with Crippen molar-refractivity contribution in [2.45, 2.75) is 25.1 Å². The normalized spacial score (nSPS) is 19.6. The third kappa shape index (κ3) is 3.44. The van der Waals surface area contributed by atoms with Crippen LogP contribution in [0.25, 0.3) is 26.8 Å². The van der Waals surface area contributed by atoms with E-state index in [0.717, 1.165) is 38.1 Å². The van der Waals surface area contributed by atoms with E-state index >= 15 is 0 Å². The number of aryl methyl sites for hydroxylation is 2. The second-order valence-corrected chi connectivity index (χ2v) is 10.1. The average molecular weight is 503 g/mol. The van der Waals surface area contributed by atoms with Crippen LogP contribution < -0.4 is 10.2 Å². The Labute approximate surface area is 210 Å². The van der Waals surface area contributed by atoms with Crippen LogP contribution in [0.4, 0.5) is 10.5 Å². The van der Waals surface area contributed by atoms with Crippen molar-refractivity contribution in [3.05, 3.63) is 83.0 Å². The van der Waals surface area contributed by atoms with Gasteiger partial charge in [-0.1, -0.05) is 53.2 Å². The van der Waals surface area contributed by atoms with Crippen LogP contribution in [0, 0.1) is 13.8 Å². The maximum atomic E-state index is 13.7. The topological polar surface area (TPSA) is 88.3 Å². The van der Waals surface area contributed by atoms with Gasteiger partial charge in [-0.3, -0.25) is 9.78 Å². The molecule has 174 valence electrons. The van der Waals surface area contributed by atoms with E-state index in [-0.39, 0.29) is 5.91 Å². The predicted octanol–water partition coefficient (Wildman–Crippen LogP) is 5.74. The second-order valence-electron chi connectivity index (χ2n) is 8.46. The van der Waals surface area contributed by atoms with Crippen molar-refractivity contribution in [1.29, 1.82) is 0 Å². The van der Waals surface area contributed by atoms with Crippen molar-refractivity contribution in [3.63, 3.8) is 0 Å². The van der Waals surface area contributed by atoms with E-state index < -0.39 is 17.3 Å². The molecule has 9 heteroatoms. The van der Waals surface area contributed by atoms with Crippen molar-refractivity contribution in [1.82, 2.24) is 15.5 Å². The van der Waals surface area contributed by atoms with E-state index in [2.05, 4.69) is 15.5 Å². The molecule has 3 amide bonds. The molecule has 6 rings (SSSR count). The number of amides is 3. The lowest BCUT2D eigenvalue weighted by Gasteiger charge is -2.33. The summed E-state index contributed by atoms with van der Waals surface area (Å²) in [6.07, 6.45) is 5.18. The maximum Gasteiger partial charge on any atom is 0.329 e. The smallest absolute Gasteiger partial charge is 0.329 e. The average Bonchev–Trinajstić information content (AvgIpc) is 3.41. The van der Waals surface area contributed by atoms with Crippen molar-refractivity contribution >= 4 is 56.7 Å². The zero-order valence-corrected chi connectivity index (χ0v) is 20.4. The van der Waals surface area contributed by atoms with Gasteiger partial charge in [-0.15, -0.1) is 11.8 Å². The Bertz CT molecular complexity index is 1540. The molecule has 7 nitrogen and oxygen atoms in total. The fraction of sp³-hybridized carbons (Fsp3) is 0.154. The molecule has 0 radical (unpaired) electrons. The van der Waals surface area contributed by atoms with Crippen LogP contribution in [0.2, 0.25) is 5.02 Å². The number of hydrogen-bond donors (Lipinski definition) is 1. The molecule has 2 atom stereocenters. The number of carbonyl (C=O) groups excluding carboxylic acids is 2. The number of urea groups is 1. The van der Waals surface area contributed by atoms with Crippen molar-refractivity contribution in [2.24, 2.45) is 0 Å². The molecule has 2 aliphatic rings. The van der Waals surface area contributed by atoms with Gasteiger partial charge in [-0.25, -0.2) is 9.69 Å². The van der Waals surface area contributed by atoms with Crippen molar-refractivity contribution in [2.75, 3.05) is 4.90 Å². The molecule has 2 aromatic heterocycles. The monoisotopic (exact) mass is 502 g/mol. The highest BCUT2D eigenvalue weighted by atomic mass is 35.5. The Morgan fingerprint density at radius 2 is 1.89 bits per heavy atom. The lowest BCUT2D eigenvalue weighted by Crippen LogP contribution is -2.60. The Balaban J connectivity index is 1.40. The second kappa shape index (κ2) is 8.25. The number of anilines is 1. The molecule has 2 aromatic carbocycles. The summed E-state index contributed by atoms with van der Waals surface area (Å²) in [5.41, 5.74) is 3.76. The number of pyridine rings is 1. The highest BCUT2D eigenvalue weighted by Crippen LogP contribution is 2.48. The fourth-order valence-corrected chi connectivity index (χ4v) is 6.42. The van der Waals surface area contributed by atoms with Crippen LogP contribution in [0.1, 0.15) is 17.0 Å². The van der Waals surface area contributed by atoms with Gasteiger partial charge in [0.05, 0.1) is 23.6 Å². The van der Waals surface area contributed by atoms with E-state index in [1.807, 2.05) is 62.4 Å². The third-order valence-electron chi connectivity index (χ3n) is 6.32. The number of hydrogen-bond acceptors (Lipinski definition) is 6. The first-order valence-corrected chi connectivity index (χ1v) is 12.3. The molecule has 1 fully saturated rings. The molecule has 1 saturated heterocycles. The highest BCUT2D eigenvalue weighted by molar-refractivity contribution is 8.09. The van der Waals surface area contributed by atoms with Gasteiger partial charge in [-0.2, -0.15) is 0 Å². The van der Waals surface area contributed by atoms with E-state index in [0.29, 0.717) is 16.5 Å². The minimum absolute atomic E-state index is 0.293. The first kappa shape index (κ1) is 21.9. The summed E-state index contributed by atoms with van der Waals surface area (Å²) in [7, 11) is 0. The van der Waals surface area contributed by atoms with Gasteiger partial charge in [0.2, 0.25) is 0 Å². The summed E-state index contributed by atoms with van der Waals surface area (Å²) >= 11 is 8.09. The summed E-state index contributed by atoms with van der Waals surface area (Å²) in [6.45, 7) is 3.74. The maximum absolute atomic E-state index is 13.7. The minimum atomic E-state index is -0.532. The standard InChI is InChI=1S/C26H19ClN4O3S/c1-13-22(14(2)34-30-13)17-8-5-9-18(27)23(17)21-10-19-24(35-21)25(32)31(26(33)29-19)20-12-28-11-15-6-3-4-7-16(15)20/h3-12,19,24H,1-2H3,(H,29,33). The van der Waals surface area contributed by atoms with Crippen LogP contribution in [0.5, 0.6) is 0 Å². The summed E-state index contributed by atoms with van der Waals surface area (Å²) in [4.78, 5) is 33.1. The molecular formula is C26H19ClN4O3S. The van der Waals surface area contributed by atoms with Crippen molar-refractivity contribution < 1.29 is 14.1 Å². The highest BCUT2D eigenvalue weighted by Gasteiger charge is 2.46. The van der Waals surface area contributed by atoms with E-state index in [4.69, 9.17) is 16.1 Å². The van der Waals surface area contributed by atoms with Crippen LogP contribution in [-0.4, -0.2) is 33.4 Å². The number of imide groups is 1. The number of fused-ring (bicyclic) bond motifs is 2. The van der Waals surface area contributed by atoms with E-state index in [1.54, 1.807) is 12.4 Å². The van der Waals surface area contributed by atoms with Gasteiger partial charge in [0, 0.05) is 38.0 Å². The molecular weight excluding hydrogens is 484 g/mol. The van der Waals surface area contributed by atoms with Gasteiger partial charge in [0.1, 0.15) is 11.0 Å². The molecule has 1 N–H and O–H groups in total. The largest absolute Gasteiger partial charge is 0.361 e. The molecule has 0 saturated carbocycles. The van der Waals surface area contributed by atoms with E-state index in [9.17, 15) is 9.59 Å². The summed E-state index contributed by atoms with van der Waals surface area (Å²) in [5.74, 6) is 0.394. The molecule has 4 heterocycles. The number of halogens is 1. The van der Waals surface area contributed by atoms with E-state index in [1.165, 1.54) is 16.7 Å². The first-order chi connectivity index (χ1) is 16.9. The molecule has 35 heavy (non-hydrogen) atoms. The molecule has 4 aromatic rings. The third-order valence-corrected chi connectivity index (χ3v) is 7.98. The Kier molecular flexibility index (Phi) is 5.16. The first-order valence-electron chi connectivity index (χ1n) is 11.0. The fourth-order valence-electron chi connectivity index (χ4n) is 4.76. The number of rotatable bonds is 3. The van der Waals surface area contributed by atoms with Crippen LogP contribution in [-0.2, 0) is 4.79 Å². The predicted molar refractivity (Wildman–Crippen MR) is 137 cm³/mol. The number of nitrogens with zero attached hydrogens (tertiary/aromatic N) is 3. The number of benzene rings is 2.